The Bertz CT molecular complexity index is 315. The molecule has 0 saturated heterocycles. The third-order valence-corrected chi connectivity index (χ3v) is 4.82. The van der Waals surface area contributed by atoms with E-state index in [0.29, 0.717) is 18.3 Å². The molecule has 0 aromatic heterocycles. The molecule has 0 amide bonds. The van der Waals surface area contributed by atoms with E-state index < -0.39 is 15.4 Å². The van der Waals surface area contributed by atoms with Crippen molar-refractivity contribution in [3.05, 3.63) is 0 Å². The standard InChI is InChI=1S/C15H32O3S/c1-5-6-8-11-14(19(16,17)18)12-9-7-10-13-15(2,3)4/h14H,5-13H2,1-4H3,(H,16,17,18). The van der Waals surface area contributed by atoms with Crippen LogP contribution >= 0.6 is 0 Å². The molecule has 0 fully saturated rings. The van der Waals surface area contributed by atoms with E-state index in [9.17, 15) is 13.0 Å². The third kappa shape index (κ3) is 11.4. The second kappa shape index (κ2) is 8.96. The highest BCUT2D eigenvalue weighted by Gasteiger charge is 2.21. The topological polar surface area (TPSA) is 54.4 Å². The first-order valence-corrected chi connectivity index (χ1v) is 9.13. The Morgan fingerprint density at radius 1 is 0.947 bits per heavy atom. The van der Waals surface area contributed by atoms with Crippen LogP contribution in [0.2, 0.25) is 0 Å². The highest BCUT2D eigenvalue weighted by molar-refractivity contribution is 7.86. The summed E-state index contributed by atoms with van der Waals surface area (Å²) in [4.78, 5) is 0. The molecule has 4 heteroatoms. The molecule has 0 rings (SSSR count). The van der Waals surface area contributed by atoms with Gasteiger partial charge in [0.25, 0.3) is 10.1 Å². The molecule has 0 saturated carbocycles. The minimum Gasteiger partial charge on any atom is -0.285 e. The van der Waals surface area contributed by atoms with E-state index in [1.807, 2.05) is 0 Å². The van der Waals surface area contributed by atoms with Crippen LogP contribution in [-0.4, -0.2) is 18.2 Å². The first kappa shape index (κ1) is 18.9. The Balaban J connectivity index is 3.94. The normalized spacial score (nSPS) is 14.6. The minimum absolute atomic E-state index is 0.351. The van der Waals surface area contributed by atoms with Crippen LogP contribution in [-0.2, 0) is 10.1 Å². The molecule has 0 aromatic rings. The van der Waals surface area contributed by atoms with Gasteiger partial charge in [0.05, 0.1) is 5.25 Å². The molecule has 1 atom stereocenters. The summed E-state index contributed by atoms with van der Waals surface area (Å²) in [5.41, 5.74) is 0.351. The van der Waals surface area contributed by atoms with E-state index in [0.717, 1.165) is 38.5 Å². The zero-order valence-electron chi connectivity index (χ0n) is 13.1. The molecule has 0 aliphatic rings. The average molecular weight is 292 g/mol. The average Bonchev–Trinajstić information content (AvgIpc) is 2.23. The van der Waals surface area contributed by atoms with Gasteiger partial charge < -0.3 is 0 Å². The van der Waals surface area contributed by atoms with E-state index in [1.54, 1.807) is 0 Å². The van der Waals surface area contributed by atoms with E-state index in [2.05, 4.69) is 27.7 Å². The van der Waals surface area contributed by atoms with Gasteiger partial charge in [-0.2, -0.15) is 8.42 Å². The Hall–Kier alpha value is -0.0900. The van der Waals surface area contributed by atoms with E-state index in [4.69, 9.17) is 0 Å². The molecule has 0 radical (unpaired) electrons. The van der Waals surface area contributed by atoms with Crippen LogP contribution in [0.15, 0.2) is 0 Å². The highest BCUT2D eigenvalue weighted by atomic mass is 32.2. The first-order valence-electron chi connectivity index (χ1n) is 7.63. The maximum absolute atomic E-state index is 11.3. The summed E-state index contributed by atoms with van der Waals surface area (Å²) in [6.07, 6.45) is 8.46. The van der Waals surface area contributed by atoms with Gasteiger partial charge in [-0.3, -0.25) is 4.55 Å². The molecule has 1 unspecified atom stereocenters. The zero-order valence-corrected chi connectivity index (χ0v) is 13.9. The fraction of sp³-hybridized carbons (Fsp3) is 1.00. The van der Waals surface area contributed by atoms with Crippen LogP contribution in [0.3, 0.4) is 0 Å². The molecule has 0 aromatic carbocycles. The van der Waals surface area contributed by atoms with Crippen molar-refractivity contribution in [2.45, 2.75) is 90.7 Å². The molecule has 0 spiro atoms. The van der Waals surface area contributed by atoms with Crippen LogP contribution < -0.4 is 0 Å². The molecule has 1 N–H and O–H groups in total. The van der Waals surface area contributed by atoms with Crippen molar-refractivity contribution in [2.75, 3.05) is 0 Å². The number of unbranched alkanes of at least 4 members (excludes halogenated alkanes) is 4. The van der Waals surface area contributed by atoms with E-state index in [-0.39, 0.29) is 0 Å². The van der Waals surface area contributed by atoms with E-state index in [1.165, 1.54) is 6.42 Å². The van der Waals surface area contributed by atoms with Crippen LogP contribution in [0.1, 0.15) is 85.5 Å². The third-order valence-electron chi connectivity index (χ3n) is 3.50. The van der Waals surface area contributed by atoms with Gasteiger partial charge in [-0.25, -0.2) is 0 Å². The van der Waals surface area contributed by atoms with Gasteiger partial charge in [0.15, 0.2) is 0 Å². The lowest BCUT2D eigenvalue weighted by molar-refractivity contribution is 0.355. The Morgan fingerprint density at radius 3 is 1.89 bits per heavy atom. The summed E-state index contributed by atoms with van der Waals surface area (Å²) < 4.78 is 31.8. The van der Waals surface area contributed by atoms with Crippen molar-refractivity contribution in [3.63, 3.8) is 0 Å². The van der Waals surface area contributed by atoms with Gasteiger partial charge in [-0.1, -0.05) is 66.2 Å². The lowest BCUT2D eigenvalue weighted by Gasteiger charge is -2.18. The monoisotopic (exact) mass is 292 g/mol. The van der Waals surface area contributed by atoms with Crippen molar-refractivity contribution < 1.29 is 13.0 Å². The van der Waals surface area contributed by atoms with Gasteiger partial charge in [0.1, 0.15) is 0 Å². The second-order valence-corrected chi connectivity index (χ2v) is 8.49. The summed E-state index contributed by atoms with van der Waals surface area (Å²) in [6, 6.07) is 0. The largest absolute Gasteiger partial charge is 0.285 e. The smallest absolute Gasteiger partial charge is 0.267 e. The molecule has 116 valence electrons. The van der Waals surface area contributed by atoms with Gasteiger partial charge in [-0.15, -0.1) is 0 Å². The lowest BCUT2D eigenvalue weighted by Crippen LogP contribution is -2.20. The van der Waals surface area contributed by atoms with Crippen molar-refractivity contribution in [1.82, 2.24) is 0 Å². The quantitative estimate of drug-likeness (QED) is 0.464. The Labute approximate surface area is 119 Å². The fourth-order valence-corrected chi connectivity index (χ4v) is 3.20. The Kier molecular flexibility index (Phi) is 8.92. The van der Waals surface area contributed by atoms with Crippen LogP contribution in [0.25, 0.3) is 0 Å². The summed E-state index contributed by atoms with van der Waals surface area (Å²) in [6.45, 7) is 8.76. The molecule has 3 nitrogen and oxygen atoms in total. The zero-order chi connectivity index (χ0) is 14.9. The molecule has 0 aliphatic heterocycles. The summed E-state index contributed by atoms with van der Waals surface area (Å²) in [5, 5.41) is -0.548. The molecule has 19 heavy (non-hydrogen) atoms. The maximum atomic E-state index is 11.3. The van der Waals surface area contributed by atoms with Crippen LogP contribution in [0, 0.1) is 5.41 Å². The number of hydrogen-bond donors (Lipinski definition) is 1. The van der Waals surface area contributed by atoms with Crippen molar-refractivity contribution >= 4 is 10.1 Å². The van der Waals surface area contributed by atoms with Crippen molar-refractivity contribution in [1.29, 1.82) is 0 Å². The summed E-state index contributed by atoms with van der Waals surface area (Å²) in [5.74, 6) is 0. The fourth-order valence-electron chi connectivity index (χ4n) is 2.27. The number of hydrogen-bond acceptors (Lipinski definition) is 2. The van der Waals surface area contributed by atoms with Crippen LogP contribution in [0.4, 0.5) is 0 Å². The van der Waals surface area contributed by atoms with Gasteiger partial charge in [0.2, 0.25) is 0 Å². The second-order valence-electron chi connectivity index (χ2n) is 6.79. The van der Waals surface area contributed by atoms with Gasteiger partial charge in [-0.05, 0) is 24.7 Å². The van der Waals surface area contributed by atoms with Crippen molar-refractivity contribution in [3.8, 4) is 0 Å². The summed E-state index contributed by atoms with van der Waals surface area (Å²) in [7, 11) is -3.86. The minimum atomic E-state index is -3.86. The molecule has 0 aliphatic carbocycles. The molecule has 0 bridgehead atoms. The summed E-state index contributed by atoms with van der Waals surface area (Å²) >= 11 is 0. The molecule has 0 heterocycles. The first-order chi connectivity index (χ1) is 8.67. The van der Waals surface area contributed by atoms with Gasteiger partial charge in [0, 0.05) is 0 Å². The SMILES string of the molecule is CCCCCC(CCCCCC(C)(C)C)S(=O)(=O)O. The predicted molar refractivity (Wildman–Crippen MR) is 82.0 cm³/mol. The van der Waals surface area contributed by atoms with Gasteiger partial charge >= 0.3 is 0 Å². The maximum Gasteiger partial charge on any atom is 0.267 e. The van der Waals surface area contributed by atoms with E-state index >= 15 is 0 Å². The number of rotatable bonds is 10. The Morgan fingerprint density at radius 2 is 1.47 bits per heavy atom. The predicted octanol–water partition coefficient (Wildman–Crippen LogP) is 4.82. The lowest BCUT2D eigenvalue weighted by atomic mass is 9.89. The highest BCUT2D eigenvalue weighted by Crippen LogP contribution is 2.23. The van der Waals surface area contributed by atoms with Crippen molar-refractivity contribution in [2.24, 2.45) is 5.41 Å². The molecular weight excluding hydrogens is 260 g/mol. The molecular formula is C15H32O3S. The van der Waals surface area contributed by atoms with Crippen LogP contribution in [0.5, 0.6) is 0 Å².